The Morgan fingerprint density at radius 1 is 1.05 bits per heavy atom. The maximum atomic E-state index is 14.1. The fourth-order valence-electron chi connectivity index (χ4n) is 6.98. The molecule has 4 amide bonds. The molecule has 234 valence electrons. The number of aromatic nitrogens is 1. The first-order valence-corrected chi connectivity index (χ1v) is 15.2. The van der Waals surface area contributed by atoms with Crippen LogP contribution in [0, 0.1) is 5.92 Å². The second-order valence-electron chi connectivity index (χ2n) is 12.2. The van der Waals surface area contributed by atoms with Gasteiger partial charge >= 0.3 is 0 Å². The fraction of sp³-hybridized carbons (Fsp3) is 0.690. The molecule has 14 heteroatoms. The highest BCUT2D eigenvalue weighted by Gasteiger charge is 2.47. The van der Waals surface area contributed by atoms with E-state index in [1.165, 1.54) is 0 Å². The van der Waals surface area contributed by atoms with Gasteiger partial charge in [0.25, 0.3) is 0 Å². The number of carbonyl (C=O) groups is 4. The summed E-state index contributed by atoms with van der Waals surface area (Å²) >= 11 is 0. The molecule has 5 aliphatic rings. The van der Waals surface area contributed by atoms with Crippen LogP contribution in [0.2, 0.25) is 0 Å². The van der Waals surface area contributed by atoms with Gasteiger partial charge < -0.3 is 40.1 Å². The minimum atomic E-state index is -1.31. The van der Waals surface area contributed by atoms with E-state index >= 15 is 0 Å². The lowest BCUT2D eigenvalue weighted by atomic mass is 9.96. The molecule has 5 aliphatic heterocycles. The molecular formula is C29H40N6O8. The molecule has 1 aromatic heterocycles. The van der Waals surface area contributed by atoms with Crippen molar-refractivity contribution in [2.75, 3.05) is 45.9 Å². The highest BCUT2D eigenvalue weighted by Crippen LogP contribution is 2.28. The summed E-state index contributed by atoms with van der Waals surface area (Å²) in [6.45, 7) is 2.22. The molecule has 0 radical (unpaired) electrons. The predicted octanol–water partition coefficient (Wildman–Crippen LogP) is -2.38. The van der Waals surface area contributed by atoms with Crippen molar-refractivity contribution < 1.29 is 38.9 Å². The number of nitrogens with zero attached hydrogens (tertiary/aromatic N) is 4. The summed E-state index contributed by atoms with van der Waals surface area (Å²) in [5, 5.41) is 27.0. The molecule has 6 bridgehead atoms. The van der Waals surface area contributed by atoms with E-state index in [1.54, 1.807) is 22.2 Å². The maximum Gasteiger partial charge on any atom is 0.244 e. The Labute approximate surface area is 249 Å². The Balaban J connectivity index is 1.28. The maximum absolute atomic E-state index is 14.1. The standard InChI is InChI=1S/C29H40N6O8/c36-24-11-22-25(37)26(38)23(43-22)13-31-27(39)21-16-33(6-7-35(21)28(40)18-3-8-42-9-4-18)29(41)20-10-19(32-24)15-34(20)14-17-2-1-5-30-12-17/h1-2,5,12,18-23,25-26,37-38H,3-4,6-11,13-16H2,(H,31,39)(H,32,36)/t19-,20-,21-,22-,23+,25-,26+/m0/s1. The van der Waals surface area contributed by atoms with Crippen LogP contribution in [0.25, 0.3) is 0 Å². The first-order valence-electron chi connectivity index (χ1n) is 15.2. The molecule has 43 heavy (non-hydrogen) atoms. The van der Waals surface area contributed by atoms with Crippen molar-refractivity contribution in [3.05, 3.63) is 30.1 Å². The molecule has 14 nitrogen and oxygen atoms in total. The van der Waals surface area contributed by atoms with Gasteiger partial charge in [-0.25, -0.2) is 0 Å². The van der Waals surface area contributed by atoms with Crippen molar-refractivity contribution in [2.45, 2.75) is 74.8 Å². The highest BCUT2D eigenvalue weighted by molar-refractivity contribution is 5.91. The molecule has 5 fully saturated rings. The number of amides is 4. The first kappa shape index (κ1) is 29.9. The quantitative estimate of drug-likeness (QED) is 0.293. The van der Waals surface area contributed by atoms with E-state index < -0.39 is 42.4 Å². The van der Waals surface area contributed by atoms with E-state index in [9.17, 15) is 29.4 Å². The lowest BCUT2D eigenvalue weighted by molar-refractivity contribution is -0.154. The summed E-state index contributed by atoms with van der Waals surface area (Å²) in [4.78, 5) is 63.8. The zero-order chi connectivity index (χ0) is 30.1. The van der Waals surface area contributed by atoms with Crippen LogP contribution >= 0.6 is 0 Å². The lowest BCUT2D eigenvalue weighted by Crippen LogP contribution is -2.64. The number of ether oxygens (including phenoxy) is 2. The number of fused-ring (bicyclic) bond motifs is 6. The number of carbonyl (C=O) groups excluding carboxylic acids is 4. The molecule has 5 saturated heterocycles. The number of hydrogen-bond donors (Lipinski definition) is 4. The summed E-state index contributed by atoms with van der Waals surface area (Å²) in [5.41, 5.74) is 0.921. The molecule has 0 spiro atoms. The average molecular weight is 601 g/mol. The largest absolute Gasteiger partial charge is 0.388 e. The van der Waals surface area contributed by atoms with Crippen LogP contribution in [0.3, 0.4) is 0 Å². The van der Waals surface area contributed by atoms with Gasteiger partial charge in [-0.1, -0.05) is 6.07 Å². The summed E-state index contributed by atoms with van der Waals surface area (Å²) in [7, 11) is 0. The number of aliphatic hydroxyl groups excluding tert-OH is 2. The van der Waals surface area contributed by atoms with E-state index in [4.69, 9.17) is 9.47 Å². The topological polar surface area (TPSA) is 174 Å². The molecule has 6 rings (SSSR count). The van der Waals surface area contributed by atoms with Crippen LogP contribution in [0.5, 0.6) is 0 Å². The Morgan fingerprint density at radius 2 is 1.84 bits per heavy atom. The third-order valence-electron chi connectivity index (χ3n) is 9.34. The van der Waals surface area contributed by atoms with Crippen molar-refractivity contribution in [1.82, 2.24) is 30.3 Å². The van der Waals surface area contributed by atoms with Gasteiger partial charge in [0.05, 0.1) is 25.1 Å². The Morgan fingerprint density at radius 3 is 2.60 bits per heavy atom. The van der Waals surface area contributed by atoms with Gasteiger partial charge in [-0.2, -0.15) is 0 Å². The van der Waals surface area contributed by atoms with Gasteiger partial charge in [0, 0.05) is 70.3 Å². The van der Waals surface area contributed by atoms with Crippen LogP contribution < -0.4 is 10.6 Å². The minimum absolute atomic E-state index is 0.0210. The van der Waals surface area contributed by atoms with E-state index in [0.29, 0.717) is 45.6 Å². The van der Waals surface area contributed by atoms with Gasteiger partial charge in [0.15, 0.2) is 0 Å². The number of pyridine rings is 1. The van der Waals surface area contributed by atoms with Crippen LogP contribution in [-0.4, -0.2) is 142 Å². The molecule has 0 saturated carbocycles. The van der Waals surface area contributed by atoms with Crippen molar-refractivity contribution >= 4 is 23.6 Å². The monoisotopic (exact) mass is 600 g/mol. The van der Waals surface area contributed by atoms with Crippen LogP contribution in [-0.2, 0) is 35.2 Å². The SMILES string of the molecule is O=C1C[C@@H]2O[C@H](CNC(=O)[C@@H]3CN(CCN3C(=O)C3CCOCC3)C(=O)[C@@H]3C[C@@H](CN3Cc3cccnc3)N1)[C@@H](O)[C@H]2O. The molecule has 6 heterocycles. The number of piperazine rings is 1. The Bertz CT molecular complexity index is 1200. The summed E-state index contributed by atoms with van der Waals surface area (Å²) in [6, 6.07) is 1.94. The van der Waals surface area contributed by atoms with Crippen LogP contribution in [0.15, 0.2) is 24.5 Å². The smallest absolute Gasteiger partial charge is 0.244 e. The normalized spacial score (nSPS) is 34.7. The second-order valence-corrected chi connectivity index (χ2v) is 12.2. The molecule has 0 aromatic carbocycles. The molecule has 1 aromatic rings. The van der Waals surface area contributed by atoms with Gasteiger partial charge in [0.1, 0.15) is 24.4 Å². The fourth-order valence-corrected chi connectivity index (χ4v) is 6.98. The third kappa shape index (κ3) is 6.38. The van der Waals surface area contributed by atoms with E-state index in [-0.39, 0.29) is 62.3 Å². The molecule has 0 aliphatic carbocycles. The Hall–Kier alpha value is -3.17. The zero-order valence-corrected chi connectivity index (χ0v) is 24.0. The van der Waals surface area contributed by atoms with Gasteiger partial charge in [-0.05, 0) is 30.9 Å². The summed E-state index contributed by atoms with van der Waals surface area (Å²) < 4.78 is 11.2. The minimum Gasteiger partial charge on any atom is -0.388 e. The van der Waals surface area contributed by atoms with E-state index in [2.05, 4.69) is 15.6 Å². The van der Waals surface area contributed by atoms with Gasteiger partial charge in [0.2, 0.25) is 23.6 Å². The van der Waals surface area contributed by atoms with Gasteiger partial charge in [-0.15, -0.1) is 0 Å². The number of hydrogen-bond acceptors (Lipinski definition) is 10. The van der Waals surface area contributed by atoms with Crippen molar-refractivity contribution in [3.8, 4) is 0 Å². The number of aliphatic hydroxyl groups is 2. The van der Waals surface area contributed by atoms with Crippen molar-refractivity contribution in [1.29, 1.82) is 0 Å². The van der Waals surface area contributed by atoms with Crippen LogP contribution in [0.1, 0.15) is 31.2 Å². The highest BCUT2D eigenvalue weighted by atomic mass is 16.5. The Kier molecular flexibility index (Phi) is 8.91. The van der Waals surface area contributed by atoms with Gasteiger partial charge in [-0.3, -0.25) is 29.1 Å². The van der Waals surface area contributed by atoms with Crippen molar-refractivity contribution in [2.24, 2.45) is 5.92 Å². The van der Waals surface area contributed by atoms with Crippen molar-refractivity contribution in [3.63, 3.8) is 0 Å². The zero-order valence-electron chi connectivity index (χ0n) is 24.0. The first-order chi connectivity index (χ1) is 20.8. The molecule has 7 atom stereocenters. The molecule has 0 unspecified atom stereocenters. The van der Waals surface area contributed by atoms with Crippen LogP contribution in [0.4, 0.5) is 0 Å². The summed E-state index contributed by atoms with van der Waals surface area (Å²) in [5.74, 6) is -1.35. The second kappa shape index (κ2) is 12.8. The van der Waals surface area contributed by atoms with E-state index in [1.807, 2.05) is 17.0 Å². The molecular weight excluding hydrogens is 560 g/mol. The average Bonchev–Trinajstić information content (AvgIpc) is 3.54. The predicted molar refractivity (Wildman–Crippen MR) is 149 cm³/mol. The number of likely N-dealkylation sites (tertiary alicyclic amines) is 1. The third-order valence-corrected chi connectivity index (χ3v) is 9.34. The molecule has 4 N–H and O–H groups in total. The van der Waals surface area contributed by atoms with E-state index in [0.717, 1.165) is 5.56 Å². The number of nitrogens with one attached hydrogen (secondary N) is 2. The lowest BCUT2D eigenvalue weighted by Gasteiger charge is -2.43. The number of rotatable bonds is 3. The summed E-state index contributed by atoms with van der Waals surface area (Å²) in [6.07, 6.45) is 0.264.